The number of hydrogen-bond acceptors (Lipinski definition) is 5. The summed E-state index contributed by atoms with van der Waals surface area (Å²) in [5.41, 5.74) is 0.188. The molecular weight excluding hydrogens is 214 g/mol. The van der Waals surface area contributed by atoms with Gasteiger partial charge in [0.05, 0.1) is 0 Å². The van der Waals surface area contributed by atoms with Gasteiger partial charge in [-0.3, -0.25) is 5.32 Å². The molecule has 1 rings (SSSR count). The highest BCUT2D eigenvalue weighted by Gasteiger charge is 2.21. The van der Waals surface area contributed by atoms with E-state index in [2.05, 4.69) is 48.3 Å². The number of rotatable bonds is 5. The summed E-state index contributed by atoms with van der Waals surface area (Å²) in [6.45, 7) is 9.64. The lowest BCUT2D eigenvalue weighted by atomic mass is 9.81. The Hall–Kier alpha value is -1.83. The second kappa shape index (κ2) is 5.48. The maximum atomic E-state index is 8.50. The van der Waals surface area contributed by atoms with Gasteiger partial charge in [-0.1, -0.05) is 27.7 Å². The van der Waals surface area contributed by atoms with Crippen LogP contribution in [0.2, 0.25) is 0 Å². The standard InChI is InChI=1S/C12H19N5/c1-9(2)12(3,4)6-14-10-5-11(15-7-13)17-8-16-10/h5,8-9H,6H2,1-4H3,(H2,14,15,16,17). The van der Waals surface area contributed by atoms with E-state index in [-0.39, 0.29) is 5.41 Å². The molecule has 0 saturated carbocycles. The Labute approximate surface area is 102 Å². The lowest BCUT2D eigenvalue weighted by molar-refractivity contribution is 0.269. The van der Waals surface area contributed by atoms with E-state index < -0.39 is 0 Å². The number of aromatic nitrogens is 2. The van der Waals surface area contributed by atoms with Crippen molar-refractivity contribution in [2.45, 2.75) is 27.7 Å². The van der Waals surface area contributed by atoms with Gasteiger partial charge in [-0.25, -0.2) is 9.97 Å². The van der Waals surface area contributed by atoms with Crippen molar-refractivity contribution in [1.29, 1.82) is 5.26 Å². The van der Waals surface area contributed by atoms with Gasteiger partial charge in [-0.15, -0.1) is 0 Å². The predicted molar refractivity (Wildman–Crippen MR) is 68.4 cm³/mol. The summed E-state index contributed by atoms with van der Waals surface area (Å²) in [7, 11) is 0. The molecule has 0 atom stereocenters. The second-order valence-electron chi connectivity index (χ2n) is 5.02. The van der Waals surface area contributed by atoms with Crippen LogP contribution in [-0.2, 0) is 0 Å². The van der Waals surface area contributed by atoms with Crippen LogP contribution in [0.25, 0.3) is 0 Å². The molecule has 0 radical (unpaired) electrons. The molecule has 0 saturated heterocycles. The van der Waals surface area contributed by atoms with Crippen LogP contribution >= 0.6 is 0 Å². The van der Waals surface area contributed by atoms with Crippen LogP contribution in [0, 0.1) is 22.8 Å². The van der Waals surface area contributed by atoms with Crippen LogP contribution in [0.4, 0.5) is 11.6 Å². The van der Waals surface area contributed by atoms with Crippen LogP contribution in [0.5, 0.6) is 0 Å². The third-order valence-corrected chi connectivity index (χ3v) is 3.14. The van der Waals surface area contributed by atoms with Gasteiger partial charge in [-0.2, -0.15) is 5.26 Å². The minimum Gasteiger partial charge on any atom is -0.369 e. The van der Waals surface area contributed by atoms with Crippen LogP contribution in [0.1, 0.15) is 27.7 Å². The molecular formula is C12H19N5. The number of nitrogens with zero attached hydrogens (tertiary/aromatic N) is 3. The summed E-state index contributed by atoms with van der Waals surface area (Å²) in [5.74, 6) is 1.81. The summed E-state index contributed by atoms with van der Waals surface area (Å²) < 4.78 is 0. The Morgan fingerprint density at radius 1 is 1.35 bits per heavy atom. The van der Waals surface area contributed by atoms with E-state index in [1.807, 2.05) is 6.19 Å². The number of nitrogens with one attached hydrogen (secondary N) is 2. The quantitative estimate of drug-likeness (QED) is 0.603. The molecule has 1 aromatic rings. The first-order valence-corrected chi connectivity index (χ1v) is 5.67. The van der Waals surface area contributed by atoms with E-state index in [0.29, 0.717) is 11.7 Å². The molecule has 0 spiro atoms. The van der Waals surface area contributed by atoms with Crippen molar-refractivity contribution in [1.82, 2.24) is 9.97 Å². The topological polar surface area (TPSA) is 73.6 Å². The van der Waals surface area contributed by atoms with Crippen LogP contribution in [0.15, 0.2) is 12.4 Å². The number of nitriles is 1. The van der Waals surface area contributed by atoms with Gasteiger partial charge < -0.3 is 5.32 Å². The molecule has 2 N–H and O–H groups in total. The molecule has 0 aromatic carbocycles. The molecule has 0 aliphatic heterocycles. The third kappa shape index (κ3) is 3.91. The lowest BCUT2D eigenvalue weighted by Gasteiger charge is -2.29. The first kappa shape index (κ1) is 13.2. The zero-order chi connectivity index (χ0) is 12.9. The smallest absolute Gasteiger partial charge is 0.182 e. The van der Waals surface area contributed by atoms with Crippen molar-refractivity contribution in [2.24, 2.45) is 11.3 Å². The lowest BCUT2D eigenvalue weighted by Crippen LogP contribution is -2.28. The fourth-order valence-corrected chi connectivity index (χ4v) is 1.10. The van der Waals surface area contributed by atoms with Gasteiger partial charge in [0, 0.05) is 12.6 Å². The molecule has 0 bridgehead atoms. The highest BCUT2D eigenvalue weighted by molar-refractivity contribution is 5.48. The highest BCUT2D eigenvalue weighted by atomic mass is 15.1. The first-order chi connectivity index (χ1) is 7.95. The van der Waals surface area contributed by atoms with E-state index in [0.717, 1.165) is 12.4 Å². The SMILES string of the molecule is CC(C)C(C)(C)CNc1cc(NC#N)ncn1. The molecule has 0 unspecified atom stereocenters. The molecule has 0 aliphatic carbocycles. The van der Waals surface area contributed by atoms with Crippen molar-refractivity contribution in [3.63, 3.8) is 0 Å². The summed E-state index contributed by atoms with van der Waals surface area (Å²) in [6.07, 6.45) is 3.27. The zero-order valence-electron chi connectivity index (χ0n) is 10.8. The molecule has 5 nitrogen and oxygen atoms in total. The zero-order valence-corrected chi connectivity index (χ0v) is 10.8. The predicted octanol–water partition coefficient (Wildman–Crippen LogP) is 2.46. The molecule has 1 aromatic heterocycles. The Balaban J connectivity index is 2.64. The van der Waals surface area contributed by atoms with E-state index in [9.17, 15) is 0 Å². The number of anilines is 2. The molecule has 0 aliphatic rings. The van der Waals surface area contributed by atoms with Crippen molar-refractivity contribution < 1.29 is 0 Å². The van der Waals surface area contributed by atoms with E-state index in [4.69, 9.17) is 5.26 Å². The Morgan fingerprint density at radius 3 is 2.59 bits per heavy atom. The van der Waals surface area contributed by atoms with Gasteiger partial charge in [0.2, 0.25) is 0 Å². The molecule has 0 amide bonds. The molecule has 17 heavy (non-hydrogen) atoms. The van der Waals surface area contributed by atoms with Gasteiger partial charge in [0.15, 0.2) is 6.19 Å². The van der Waals surface area contributed by atoms with Gasteiger partial charge in [-0.05, 0) is 11.3 Å². The fraction of sp³-hybridized carbons (Fsp3) is 0.583. The van der Waals surface area contributed by atoms with Crippen LogP contribution in [0.3, 0.4) is 0 Å². The van der Waals surface area contributed by atoms with Gasteiger partial charge in [0.1, 0.15) is 18.0 Å². The highest BCUT2D eigenvalue weighted by Crippen LogP contribution is 2.26. The normalized spacial score (nSPS) is 11.1. The first-order valence-electron chi connectivity index (χ1n) is 5.67. The van der Waals surface area contributed by atoms with Crippen molar-refractivity contribution in [2.75, 3.05) is 17.2 Å². The Kier molecular flexibility index (Phi) is 4.27. The molecule has 0 fully saturated rings. The second-order valence-corrected chi connectivity index (χ2v) is 5.02. The van der Waals surface area contributed by atoms with Crippen molar-refractivity contribution >= 4 is 11.6 Å². The number of hydrogen-bond donors (Lipinski definition) is 2. The van der Waals surface area contributed by atoms with E-state index in [1.54, 1.807) is 6.07 Å². The molecule has 92 valence electrons. The fourth-order valence-electron chi connectivity index (χ4n) is 1.10. The van der Waals surface area contributed by atoms with Crippen molar-refractivity contribution in [3.8, 4) is 6.19 Å². The summed E-state index contributed by atoms with van der Waals surface area (Å²) in [5, 5.41) is 14.2. The van der Waals surface area contributed by atoms with E-state index in [1.165, 1.54) is 6.33 Å². The van der Waals surface area contributed by atoms with Gasteiger partial charge in [0.25, 0.3) is 0 Å². The minimum atomic E-state index is 0.188. The summed E-state index contributed by atoms with van der Waals surface area (Å²) in [4.78, 5) is 8.04. The minimum absolute atomic E-state index is 0.188. The summed E-state index contributed by atoms with van der Waals surface area (Å²) in [6, 6.07) is 1.72. The average Bonchev–Trinajstić information content (AvgIpc) is 2.27. The monoisotopic (exact) mass is 233 g/mol. The molecule has 1 heterocycles. The molecule has 5 heteroatoms. The Morgan fingerprint density at radius 2 is 2.00 bits per heavy atom. The Bertz CT molecular complexity index is 406. The maximum Gasteiger partial charge on any atom is 0.182 e. The van der Waals surface area contributed by atoms with E-state index >= 15 is 0 Å². The van der Waals surface area contributed by atoms with Crippen LogP contribution < -0.4 is 10.6 Å². The van der Waals surface area contributed by atoms with Crippen molar-refractivity contribution in [3.05, 3.63) is 12.4 Å². The van der Waals surface area contributed by atoms with Gasteiger partial charge >= 0.3 is 0 Å². The third-order valence-electron chi connectivity index (χ3n) is 3.14. The van der Waals surface area contributed by atoms with Crippen LogP contribution in [-0.4, -0.2) is 16.5 Å². The average molecular weight is 233 g/mol. The maximum absolute atomic E-state index is 8.50. The largest absolute Gasteiger partial charge is 0.369 e. The summed E-state index contributed by atoms with van der Waals surface area (Å²) >= 11 is 0.